The summed E-state index contributed by atoms with van der Waals surface area (Å²) in [6.45, 7) is 2.33. The standard InChI is InChI=1S/C30H30N4O4.C10H15N/c1-37-15-16-38-22-11-12-23-26(18-22)32-19-33-28(23)27-24-17-21(10-13-25(24)34-30(27)36)29(35)31-14-6-5-9-20-7-3-2-4-8-20;11-9-5-4-8-10-6-2-1-3-7-10/h2-4,7-8,10-13,17-19,34,36H,5-6,9,14-16H2,1H3,(H,31,35);1-3,6-7H,4-5,8-9,11H2. The van der Waals surface area contributed by atoms with E-state index in [1.165, 1.54) is 23.9 Å². The molecule has 2 heterocycles. The Morgan fingerprint density at radius 3 is 2.22 bits per heavy atom. The van der Waals surface area contributed by atoms with E-state index in [0.29, 0.717) is 58.7 Å². The zero-order valence-electron chi connectivity index (χ0n) is 28.0. The molecular weight excluding hydrogens is 614 g/mol. The van der Waals surface area contributed by atoms with Gasteiger partial charge in [-0.25, -0.2) is 9.97 Å². The third-order valence-electron chi connectivity index (χ3n) is 8.22. The number of nitrogens with one attached hydrogen (secondary N) is 2. The summed E-state index contributed by atoms with van der Waals surface area (Å²) in [5.41, 5.74) is 11.1. The first-order valence-corrected chi connectivity index (χ1v) is 16.8. The van der Waals surface area contributed by atoms with Crippen molar-refractivity contribution in [1.29, 1.82) is 0 Å². The SMILES string of the molecule is COCCOc1ccc2c(-c3c(O)[nH]c4ccc(C(=O)NCCCCc5ccccc5)cc34)ncnc2c1.NCCCCc1ccccc1. The minimum atomic E-state index is -0.149. The van der Waals surface area contributed by atoms with Gasteiger partial charge in [0.15, 0.2) is 5.88 Å². The quantitative estimate of drug-likeness (QED) is 0.0855. The molecule has 6 rings (SSSR count). The number of methoxy groups -OCH3 is 1. The molecule has 0 atom stereocenters. The first kappa shape index (κ1) is 35.1. The molecule has 0 unspecified atom stereocenters. The van der Waals surface area contributed by atoms with E-state index in [0.717, 1.165) is 44.0 Å². The van der Waals surface area contributed by atoms with E-state index in [1.807, 2.05) is 42.5 Å². The van der Waals surface area contributed by atoms with Crippen LogP contribution in [0.5, 0.6) is 11.6 Å². The number of amides is 1. The van der Waals surface area contributed by atoms with Crippen LogP contribution < -0.4 is 15.8 Å². The molecule has 9 heteroatoms. The first-order chi connectivity index (χ1) is 24.1. The second-order valence-corrected chi connectivity index (χ2v) is 11.8. The highest BCUT2D eigenvalue weighted by atomic mass is 16.5. The molecule has 0 spiro atoms. The summed E-state index contributed by atoms with van der Waals surface area (Å²) in [5.74, 6) is 0.507. The normalized spacial score (nSPS) is 10.9. The fourth-order valence-corrected chi connectivity index (χ4v) is 5.65. The number of nitrogens with two attached hydrogens (primary N) is 1. The van der Waals surface area contributed by atoms with Gasteiger partial charge in [0.05, 0.1) is 23.4 Å². The minimum Gasteiger partial charge on any atom is -0.494 e. The average Bonchev–Trinajstić information content (AvgIpc) is 3.47. The Hall–Kier alpha value is -5.25. The number of rotatable bonds is 15. The van der Waals surface area contributed by atoms with Gasteiger partial charge in [-0.3, -0.25) is 4.79 Å². The van der Waals surface area contributed by atoms with Gasteiger partial charge in [0.2, 0.25) is 0 Å². The van der Waals surface area contributed by atoms with Gasteiger partial charge in [0.25, 0.3) is 5.91 Å². The van der Waals surface area contributed by atoms with Crippen LogP contribution in [0.25, 0.3) is 33.1 Å². The maximum Gasteiger partial charge on any atom is 0.251 e. The molecule has 6 aromatic rings. The minimum absolute atomic E-state index is 0.0149. The number of aryl methyl sites for hydroxylation is 2. The predicted molar refractivity (Wildman–Crippen MR) is 196 cm³/mol. The molecule has 0 aliphatic rings. The highest BCUT2D eigenvalue weighted by molar-refractivity contribution is 6.07. The highest BCUT2D eigenvalue weighted by Crippen LogP contribution is 2.39. The summed E-state index contributed by atoms with van der Waals surface area (Å²) in [7, 11) is 1.62. The van der Waals surface area contributed by atoms with Crippen LogP contribution in [-0.2, 0) is 17.6 Å². The maximum absolute atomic E-state index is 12.9. The van der Waals surface area contributed by atoms with Gasteiger partial charge in [0.1, 0.15) is 18.7 Å². The molecule has 1 amide bonds. The summed E-state index contributed by atoms with van der Waals surface area (Å²) in [5, 5.41) is 15.3. The number of hydrogen-bond acceptors (Lipinski definition) is 7. The Morgan fingerprint density at radius 1 is 0.816 bits per heavy atom. The molecule has 0 aliphatic heterocycles. The molecule has 5 N–H and O–H groups in total. The summed E-state index contributed by atoms with van der Waals surface area (Å²) >= 11 is 0. The maximum atomic E-state index is 12.9. The van der Waals surface area contributed by atoms with E-state index < -0.39 is 0 Å². The third kappa shape index (κ3) is 9.88. The molecule has 0 aliphatic carbocycles. The van der Waals surface area contributed by atoms with E-state index in [-0.39, 0.29) is 11.8 Å². The lowest BCUT2D eigenvalue weighted by atomic mass is 10.0. The lowest BCUT2D eigenvalue weighted by Gasteiger charge is -2.09. The van der Waals surface area contributed by atoms with Gasteiger partial charge in [0, 0.05) is 41.6 Å². The number of nitrogens with zero attached hydrogens (tertiary/aromatic N) is 2. The van der Waals surface area contributed by atoms with E-state index in [9.17, 15) is 9.90 Å². The van der Waals surface area contributed by atoms with Gasteiger partial charge in [-0.1, -0.05) is 60.7 Å². The molecule has 4 aromatic carbocycles. The number of aromatic amines is 1. The van der Waals surface area contributed by atoms with Crippen LogP contribution in [0.2, 0.25) is 0 Å². The highest BCUT2D eigenvalue weighted by Gasteiger charge is 2.19. The Morgan fingerprint density at radius 2 is 1.53 bits per heavy atom. The fraction of sp³-hybridized carbons (Fsp3) is 0.275. The smallest absolute Gasteiger partial charge is 0.251 e. The number of carbonyl (C=O) groups excluding carboxylic acids is 1. The molecule has 2 aromatic heterocycles. The van der Waals surface area contributed by atoms with Crippen molar-refractivity contribution in [2.24, 2.45) is 5.73 Å². The number of hydrogen-bond donors (Lipinski definition) is 4. The zero-order chi connectivity index (χ0) is 34.3. The molecular formula is C40H45N5O4. The predicted octanol–water partition coefficient (Wildman–Crippen LogP) is 7.23. The van der Waals surface area contributed by atoms with Gasteiger partial charge in [-0.2, -0.15) is 0 Å². The summed E-state index contributed by atoms with van der Waals surface area (Å²) in [6.07, 6.45) is 7.85. The molecule has 0 radical (unpaired) electrons. The number of carbonyl (C=O) groups is 1. The lowest BCUT2D eigenvalue weighted by Crippen LogP contribution is -2.24. The van der Waals surface area contributed by atoms with Crippen molar-refractivity contribution in [1.82, 2.24) is 20.3 Å². The van der Waals surface area contributed by atoms with E-state index in [2.05, 4.69) is 56.7 Å². The molecule has 0 fully saturated rings. The van der Waals surface area contributed by atoms with Crippen LogP contribution in [0.15, 0.2) is 103 Å². The number of aromatic nitrogens is 3. The largest absolute Gasteiger partial charge is 0.494 e. The van der Waals surface area contributed by atoms with Crippen LogP contribution in [-0.4, -0.2) is 59.4 Å². The Bertz CT molecular complexity index is 1910. The van der Waals surface area contributed by atoms with Crippen LogP contribution in [0, 0.1) is 0 Å². The molecule has 0 saturated carbocycles. The Balaban J connectivity index is 0.000000363. The second kappa shape index (κ2) is 18.3. The topological polar surface area (TPSA) is 135 Å². The molecule has 0 saturated heterocycles. The second-order valence-electron chi connectivity index (χ2n) is 11.8. The van der Waals surface area contributed by atoms with Crippen molar-refractivity contribution in [3.8, 4) is 22.9 Å². The number of ether oxygens (including phenoxy) is 2. The lowest BCUT2D eigenvalue weighted by molar-refractivity contribution is 0.0953. The molecule has 49 heavy (non-hydrogen) atoms. The van der Waals surface area contributed by atoms with Gasteiger partial charge >= 0.3 is 0 Å². The monoisotopic (exact) mass is 659 g/mol. The third-order valence-corrected chi connectivity index (χ3v) is 8.22. The summed E-state index contributed by atoms with van der Waals surface area (Å²) in [4.78, 5) is 24.8. The number of unbranched alkanes of at least 4 members (excludes halogenated alkanes) is 2. The number of H-pyrrole nitrogens is 1. The van der Waals surface area contributed by atoms with Gasteiger partial charge < -0.3 is 30.6 Å². The van der Waals surface area contributed by atoms with Gasteiger partial charge in [-0.15, -0.1) is 0 Å². The summed E-state index contributed by atoms with van der Waals surface area (Å²) in [6, 6.07) is 31.8. The molecule has 9 nitrogen and oxygen atoms in total. The fourth-order valence-electron chi connectivity index (χ4n) is 5.65. The average molecular weight is 660 g/mol. The van der Waals surface area contributed by atoms with Crippen molar-refractivity contribution in [2.45, 2.75) is 38.5 Å². The Kier molecular flexibility index (Phi) is 13.1. The first-order valence-electron chi connectivity index (χ1n) is 16.8. The van der Waals surface area contributed by atoms with Crippen LogP contribution in [0.4, 0.5) is 0 Å². The van der Waals surface area contributed by atoms with Crippen molar-refractivity contribution in [3.05, 3.63) is 120 Å². The number of benzene rings is 4. The van der Waals surface area contributed by atoms with Crippen LogP contribution >= 0.6 is 0 Å². The zero-order valence-corrected chi connectivity index (χ0v) is 28.0. The van der Waals surface area contributed by atoms with E-state index >= 15 is 0 Å². The van der Waals surface area contributed by atoms with E-state index in [4.69, 9.17) is 15.2 Å². The Labute approximate surface area is 287 Å². The van der Waals surface area contributed by atoms with E-state index in [1.54, 1.807) is 25.3 Å². The number of fused-ring (bicyclic) bond motifs is 2. The van der Waals surface area contributed by atoms with Crippen LogP contribution in [0.1, 0.15) is 47.2 Å². The summed E-state index contributed by atoms with van der Waals surface area (Å²) < 4.78 is 10.7. The van der Waals surface area contributed by atoms with Crippen LogP contribution in [0.3, 0.4) is 0 Å². The molecule has 254 valence electrons. The van der Waals surface area contributed by atoms with Crippen molar-refractivity contribution >= 4 is 27.7 Å². The van der Waals surface area contributed by atoms with Crippen molar-refractivity contribution < 1.29 is 19.4 Å². The number of aromatic hydroxyl groups is 1. The van der Waals surface area contributed by atoms with Gasteiger partial charge in [-0.05, 0) is 86.5 Å². The van der Waals surface area contributed by atoms with Crippen molar-refractivity contribution in [3.63, 3.8) is 0 Å². The molecule has 0 bridgehead atoms. The van der Waals surface area contributed by atoms with Crippen molar-refractivity contribution in [2.75, 3.05) is 33.4 Å².